The number of hydrogen-bond donors (Lipinski definition) is 1. The van der Waals surface area contributed by atoms with Crippen molar-refractivity contribution in [1.82, 2.24) is 19.9 Å². The number of aryl methyl sites for hydroxylation is 1. The van der Waals surface area contributed by atoms with Gasteiger partial charge in [-0.25, -0.2) is 13.2 Å². The smallest absolute Gasteiger partial charge is 0.319 e. The molecule has 8 nitrogen and oxygen atoms in total. The van der Waals surface area contributed by atoms with E-state index in [1.165, 1.54) is 18.2 Å². The molecule has 2 aromatic carbocycles. The van der Waals surface area contributed by atoms with Crippen molar-refractivity contribution in [2.24, 2.45) is 0 Å². The molecule has 3 atom stereocenters. The van der Waals surface area contributed by atoms with Crippen molar-refractivity contribution in [2.75, 3.05) is 44.3 Å². The van der Waals surface area contributed by atoms with Gasteiger partial charge in [-0.2, -0.15) is 9.97 Å². The minimum Gasteiger partial charge on any atom is -0.508 e. The first-order valence-corrected chi connectivity index (χ1v) is 16.0. The Bertz CT molecular complexity index is 1820. The first-order valence-electron chi connectivity index (χ1n) is 16.0. The third kappa shape index (κ3) is 4.69. The summed E-state index contributed by atoms with van der Waals surface area (Å²) in [4.78, 5) is 18.2. The van der Waals surface area contributed by atoms with Crippen molar-refractivity contribution in [3.63, 3.8) is 0 Å². The van der Waals surface area contributed by atoms with E-state index in [0.29, 0.717) is 60.0 Å². The number of phenolic OH excluding ortho intramolecular Hbond substituents is 1. The number of aromatic nitrogens is 3. The van der Waals surface area contributed by atoms with Crippen LogP contribution in [-0.2, 0) is 11.2 Å². The monoisotopic (exact) mass is 619 g/mol. The molecule has 1 N–H and O–H groups in total. The van der Waals surface area contributed by atoms with E-state index in [1.807, 2.05) is 6.92 Å². The van der Waals surface area contributed by atoms with E-state index in [0.717, 1.165) is 45.3 Å². The van der Waals surface area contributed by atoms with Gasteiger partial charge in [-0.1, -0.05) is 13.0 Å². The molecule has 236 valence electrons. The minimum absolute atomic E-state index is 0.0198. The van der Waals surface area contributed by atoms with Crippen molar-refractivity contribution in [2.45, 2.75) is 69.2 Å². The highest BCUT2D eigenvalue weighted by molar-refractivity contribution is 6.01. The van der Waals surface area contributed by atoms with E-state index in [4.69, 9.17) is 14.5 Å². The third-order valence-electron chi connectivity index (χ3n) is 10.4. The van der Waals surface area contributed by atoms with Crippen molar-refractivity contribution in [3.8, 4) is 23.0 Å². The lowest BCUT2D eigenvalue weighted by atomic mass is 9.94. The summed E-state index contributed by atoms with van der Waals surface area (Å²) >= 11 is 0. The van der Waals surface area contributed by atoms with E-state index < -0.39 is 23.3 Å². The average Bonchev–Trinajstić information content (AvgIpc) is 3.81. The molecule has 0 amide bonds. The Morgan fingerprint density at radius 3 is 2.82 bits per heavy atom. The predicted octanol–water partition coefficient (Wildman–Crippen LogP) is 6.11. The van der Waals surface area contributed by atoms with Gasteiger partial charge < -0.3 is 19.5 Å². The summed E-state index contributed by atoms with van der Waals surface area (Å²) in [5, 5.41) is 12.1. The second-order valence-corrected chi connectivity index (χ2v) is 13.2. The van der Waals surface area contributed by atoms with Crippen LogP contribution in [0, 0.1) is 11.6 Å². The standard InChI is InChI=1S/C34H36F3N5O3/c1-2-23-26(36)6-5-20-13-22(43)14-24(27(20)23)29-28(37)30-25(16-38-29)31(41-11-9-34(18-41)8-4-12-45-34)40-32(39-30)44-19-33-7-3-10-42(33)17-21(35)15-33/h5-6,13-14,16,21,43H,2-4,7-12,15,17-19H2,1H3/t21-,33?,34?/m1/s1. The number of aromatic hydroxyl groups is 1. The molecular weight excluding hydrogens is 583 g/mol. The van der Waals surface area contributed by atoms with Crippen molar-refractivity contribution < 1.29 is 27.8 Å². The van der Waals surface area contributed by atoms with E-state index in [1.54, 1.807) is 12.3 Å². The molecule has 1 spiro atoms. The van der Waals surface area contributed by atoms with Crippen LogP contribution in [0.1, 0.15) is 51.0 Å². The van der Waals surface area contributed by atoms with E-state index in [-0.39, 0.29) is 40.7 Å². The van der Waals surface area contributed by atoms with E-state index in [2.05, 4.69) is 19.8 Å². The number of benzene rings is 2. The minimum atomic E-state index is -0.907. The zero-order chi connectivity index (χ0) is 30.9. The number of rotatable bonds is 6. The Balaban J connectivity index is 1.26. The summed E-state index contributed by atoms with van der Waals surface area (Å²) in [5.74, 6) is -0.687. The van der Waals surface area contributed by atoms with Gasteiger partial charge in [0.05, 0.1) is 16.5 Å². The van der Waals surface area contributed by atoms with E-state index in [9.17, 15) is 13.9 Å². The topological polar surface area (TPSA) is 83.8 Å². The van der Waals surface area contributed by atoms with Crippen LogP contribution in [0.25, 0.3) is 32.9 Å². The van der Waals surface area contributed by atoms with Gasteiger partial charge in [0.15, 0.2) is 5.82 Å². The lowest BCUT2D eigenvalue weighted by Gasteiger charge is -2.31. The van der Waals surface area contributed by atoms with Crippen LogP contribution >= 0.6 is 0 Å². The van der Waals surface area contributed by atoms with Crippen molar-refractivity contribution >= 4 is 27.5 Å². The first kappa shape index (κ1) is 28.8. The van der Waals surface area contributed by atoms with Gasteiger partial charge in [0.2, 0.25) is 0 Å². The summed E-state index contributed by atoms with van der Waals surface area (Å²) in [6.07, 6.45) is 5.99. The Labute approximate surface area is 259 Å². The molecule has 4 aromatic rings. The second kappa shape index (κ2) is 10.7. The van der Waals surface area contributed by atoms with Crippen LogP contribution in [0.4, 0.5) is 19.0 Å². The number of fused-ring (bicyclic) bond motifs is 3. The van der Waals surface area contributed by atoms with Gasteiger partial charge in [0.25, 0.3) is 0 Å². The number of pyridine rings is 1. The average molecular weight is 620 g/mol. The molecule has 4 aliphatic heterocycles. The van der Waals surface area contributed by atoms with Crippen LogP contribution in [0.5, 0.6) is 11.8 Å². The number of alkyl halides is 1. The van der Waals surface area contributed by atoms with Gasteiger partial charge in [-0.15, -0.1) is 0 Å². The molecule has 4 aliphatic rings. The molecule has 6 heterocycles. The van der Waals surface area contributed by atoms with Gasteiger partial charge >= 0.3 is 6.01 Å². The molecule has 4 fully saturated rings. The fraction of sp³-hybridized carbons (Fsp3) is 0.500. The number of halogens is 3. The number of phenols is 1. The SMILES string of the molecule is CCc1c(F)ccc2cc(O)cc(-c3ncc4c(N5CCC6(CCCO6)C5)nc(OCC56CCCN5C[C@H](F)C6)nc4c3F)c12. The van der Waals surface area contributed by atoms with Gasteiger partial charge in [0, 0.05) is 44.4 Å². The van der Waals surface area contributed by atoms with Crippen LogP contribution < -0.4 is 9.64 Å². The molecule has 0 aliphatic carbocycles. The maximum Gasteiger partial charge on any atom is 0.319 e. The van der Waals surface area contributed by atoms with E-state index >= 15 is 4.39 Å². The zero-order valence-corrected chi connectivity index (χ0v) is 25.3. The van der Waals surface area contributed by atoms with Gasteiger partial charge in [0.1, 0.15) is 41.4 Å². The molecule has 4 saturated heterocycles. The molecule has 0 saturated carbocycles. The van der Waals surface area contributed by atoms with Gasteiger partial charge in [-0.3, -0.25) is 9.88 Å². The molecular formula is C34H36F3N5O3. The molecule has 0 bridgehead atoms. The summed E-state index contributed by atoms with van der Waals surface area (Å²) in [5.41, 5.74) is -0.00502. The van der Waals surface area contributed by atoms with Crippen molar-refractivity contribution in [1.29, 1.82) is 0 Å². The largest absolute Gasteiger partial charge is 0.508 e. The number of hydrogen-bond acceptors (Lipinski definition) is 8. The summed E-state index contributed by atoms with van der Waals surface area (Å²) in [6.45, 7) is 5.27. The lowest BCUT2D eigenvalue weighted by Crippen LogP contribution is -2.43. The number of ether oxygens (including phenoxy) is 2. The highest BCUT2D eigenvalue weighted by Crippen LogP contribution is 2.43. The highest BCUT2D eigenvalue weighted by atomic mass is 19.1. The second-order valence-electron chi connectivity index (χ2n) is 13.2. The summed E-state index contributed by atoms with van der Waals surface area (Å²) in [6, 6.07) is 5.90. The molecule has 8 rings (SSSR count). The molecule has 45 heavy (non-hydrogen) atoms. The Morgan fingerprint density at radius 1 is 1.11 bits per heavy atom. The molecule has 0 radical (unpaired) electrons. The fourth-order valence-corrected chi connectivity index (χ4v) is 8.30. The quantitative estimate of drug-likeness (QED) is 0.277. The zero-order valence-electron chi connectivity index (χ0n) is 25.3. The highest BCUT2D eigenvalue weighted by Gasteiger charge is 2.49. The fourth-order valence-electron chi connectivity index (χ4n) is 8.30. The van der Waals surface area contributed by atoms with Crippen molar-refractivity contribution in [3.05, 3.63) is 47.7 Å². The Morgan fingerprint density at radius 2 is 2.00 bits per heavy atom. The maximum atomic E-state index is 16.8. The molecule has 2 aromatic heterocycles. The third-order valence-corrected chi connectivity index (χ3v) is 10.4. The summed E-state index contributed by atoms with van der Waals surface area (Å²) in [7, 11) is 0. The summed E-state index contributed by atoms with van der Waals surface area (Å²) < 4.78 is 58.6. The Kier molecular flexibility index (Phi) is 6.83. The van der Waals surface area contributed by atoms with Crippen LogP contribution in [0.15, 0.2) is 30.5 Å². The lowest BCUT2D eigenvalue weighted by molar-refractivity contribution is 0.0231. The first-order chi connectivity index (χ1) is 21.8. The normalized spacial score (nSPS) is 26.6. The predicted molar refractivity (Wildman–Crippen MR) is 165 cm³/mol. The van der Waals surface area contributed by atoms with Crippen LogP contribution in [-0.4, -0.2) is 81.7 Å². The van der Waals surface area contributed by atoms with Crippen LogP contribution in [0.2, 0.25) is 0 Å². The van der Waals surface area contributed by atoms with Gasteiger partial charge in [-0.05, 0) is 79.6 Å². The number of anilines is 1. The molecule has 11 heteroatoms. The number of nitrogens with zero attached hydrogens (tertiary/aromatic N) is 5. The van der Waals surface area contributed by atoms with Crippen LogP contribution in [0.3, 0.4) is 0 Å². The molecule has 2 unspecified atom stereocenters. The maximum absolute atomic E-state index is 16.8. The Hall–Kier alpha value is -3.70.